The van der Waals surface area contributed by atoms with Crippen LogP contribution in [-0.4, -0.2) is 11.3 Å². The van der Waals surface area contributed by atoms with Crippen molar-refractivity contribution in [1.82, 2.24) is 0 Å². The molecule has 3 rings (SSSR count). The normalized spacial score (nSPS) is 10.2. The van der Waals surface area contributed by atoms with E-state index in [4.69, 9.17) is 0 Å². The van der Waals surface area contributed by atoms with E-state index >= 15 is 0 Å². The first-order chi connectivity index (χ1) is 12.2. The Hall–Kier alpha value is -2.27. The first kappa shape index (κ1) is 19.1. The Bertz CT molecular complexity index is 838. The fourth-order valence-corrected chi connectivity index (χ4v) is 2.23. The van der Waals surface area contributed by atoms with Crippen LogP contribution in [0.4, 0.5) is 17.1 Å². The second kappa shape index (κ2) is 9.89. The quantitative estimate of drug-likeness (QED) is 0.505. The van der Waals surface area contributed by atoms with Gasteiger partial charge in [0.25, 0.3) is 0 Å². The van der Waals surface area contributed by atoms with Gasteiger partial charge in [-0.25, -0.2) is 0 Å². The van der Waals surface area contributed by atoms with Gasteiger partial charge in [0.05, 0.1) is 0 Å². The van der Waals surface area contributed by atoms with Gasteiger partial charge in [-0.15, -0.1) is 11.4 Å². The summed E-state index contributed by atoms with van der Waals surface area (Å²) >= 11 is 3.03. The number of rotatable bonds is 4. The van der Waals surface area contributed by atoms with Crippen molar-refractivity contribution in [3.05, 3.63) is 89.2 Å². The molecule has 1 N–H and O–H groups in total. The SMILES string of the molecule is Cc1cccc(N=Cc2ccccc2[N-]c2ccccc2)c1O.[Cl][Co+]. The minimum absolute atomic E-state index is 0.209. The van der Waals surface area contributed by atoms with Crippen LogP contribution >= 0.6 is 10.1 Å². The maximum absolute atomic E-state index is 10.0. The number of aliphatic imine (C=N–C) groups is 1. The zero-order valence-corrected chi connectivity index (χ0v) is 15.4. The van der Waals surface area contributed by atoms with E-state index < -0.39 is 0 Å². The van der Waals surface area contributed by atoms with E-state index in [1.165, 1.54) is 0 Å². The Labute approximate surface area is 160 Å². The molecule has 0 unspecified atom stereocenters. The average molecular weight is 396 g/mol. The van der Waals surface area contributed by atoms with Crippen molar-refractivity contribution < 1.29 is 19.9 Å². The molecule has 0 aliphatic rings. The van der Waals surface area contributed by atoms with Crippen LogP contribution in [-0.2, 0) is 14.8 Å². The monoisotopic (exact) mass is 395 g/mol. The van der Waals surface area contributed by atoms with Crippen molar-refractivity contribution in [1.29, 1.82) is 0 Å². The number of hydrogen-bond donors (Lipinski definition) is 1. The van der Waals surface area contributed by atoms with Gasteiger partial charge in [-0.3, -0.25) is 4.99 Å². The number of benzene rings is 3. The van der Waals surface area contributed by atoms with Crippen molar-refractivity contribution in [2.45, 2.75) is 6.92 Å². The molecule has 0 saturated carbocycles. The van der Waals surface area contributed by atoms with Crippen molar-refractivity contribution in [2.75, 3.05) is 0 Å². The van der Waals surface area contributed by atoms with Gasteiger partial charge in [-0.2, -0.15) is 0 Å². The van der Waals surface area contributed by atoms with E-state index in [-0.39, 0.29) is 5.75 Å². The molecule has 0 aromatic heterocycles. The van der Waals surface area contributed by atoms with Crippen molar-refractivity contribution in [2.24, 2.45) is 4.99 Å². The summed E-state index contributed by atoms with van der Waals surface area (Å²) in [6, 6.07) is 23.1. The standard InChI is InChI=1S/C20H17N2O.ClH.Co/c1-15-8-7-13-19(20(15)23)21-14-16-9-5-6-12-18(16)22-17-10-3-2-4-11-17;;/h2-14H,1H3,(H-,21,22,23);1H;/q-1;;+2/p-1. The number of phenols is 1. The third-order valence-electron chi connectivity index (χ3n) is 3.50. The fourth-order valence-electron chi connectivity index (χ4n) is 2.23. The molecule has 0 fully saturated rings. The number of halogens is 1. The number of nitrogens with zero attached hydrogens (tertiary/aromatic N) is 2. The Morgan fingerprint density at radius 3 is 2.36 bits per heavy atom. The predicted molar refractivity (Wildman–Crippen MR) is 102 cm³/mol. The minimum atomic E-state index is 0.209. The number of hydrogen-bond acceptors (Lipinski definition) is 2. The van der Waals surface area contributed by atoms with Gasteiger partial charge in [0, 0.05) is 6.21 Å². The molecular weight excluding hydrogens is 379 g/mol. The number of aryl methyl sites for hydroxylation is 1. The van der Waals surface area contributed by atoms with Crippen LogP contribution in [0.25, 0.3) is 5.32 Å². The maximum atomic E-state index is 10.0. The Kier molecular flexibility index (Phi) is 7.54. The summed E-state index contributed by atoms with van der Waals surface area (Å²) in [5.74, 6) is 0.209. The molecule has 3 aromatic rings. The molecule has 25 heavy (non-hydrogen) atoms. The molecule has 0 amide bonds. The van der Waals surface area contributed by atoms with Crippen LogP contribution < -0.4 is 0 Å². The number of para-hydroxylation sites is 3. The molecule has 0 spiro atoms. The molecule has 0 aliphatic carbocycles. The van der Waals surface area contributed by atoms with Gasteiger partial charge in [0.15, 0.2) is 0 Å². The van der Waals surface area contributed by atoms with Crippen LogP contribution in [0.2, 0.25) is 0 Å². The summed E-state index contributed by atoms with van der Waals surface area (Å²) in [5.41, 5.74) is 4.00. The van der Waals surface area contributed by atoms with Crippen LogP contribution in [0.1, 0.15) is 11.1 Å². The van der Waals surface area contributed by atoms with E-state index in [1.807, 2.05) is 73.7 Å². The number of aromatic hydroxyl groups is 1. The fraction of sp³-hybridized carbons (Fsp3) is 0.0500. The second-order valence-corrected chi connectivity index (χ2v) is 5.21. The zero-order valence-electron chi connectivity index (χ0n) is 13.6. The molecule has 5 heteroatoms. The van der Waals surface area contributed by atoms with Gasteiger partial charge < -0.3 is 10.4 Å². The number of phenolic OH excluding ortho intramolecular Hbond substituents is 1. The van der Waals surface area contributed by atoms with E-state index in [0.29, 0.717) is 5.69 Å². The molecule has 3 nitrogen and oxygen atoms in total. The van der Waals surface area contributed by atoms with E-state index in [1.54, 1.807) is 12.3 Å². The molecule has 0 radical (unpaired) electrons. The van der Waals surface area contributed by atoms with Gasteiger partial charge >= 0.3 is 25.0 Å². The van der Waals surface area contributed by atoms with E-state index in [2.05, 4.69) is 35.3 Å². The molecule has 0 aliphatic heterocycles. The summed E-state index contributed by atoms with van der Waals surface area (Å²) in [4.78, 5) is 4.40. The summed E-state index contributed by atoms with van der Waals surface area (Å²) in [5, 5.41) is 14.7. The summed E-state index contributed by atoms with van der Waals surface area (Å²) in [6.07, 6.45) is 1.73. The van der Waals surface area contributed by atoms with Gasteiger partial charge in [-0.05, 0) is 24.1 Å². The molecule has 3 aromatic carbocycles. The van der Waals surface area contributed by atoms with Gasteiger partial charge in [-0.1, -0.05) is 66.7 Å². The first-order valence-corrected chi connectivity index (χ1v) is 8.98. The van der Waals surface area contributed by atoms with Crippen LogP contribution in [0.5, 0.6) is 5.75 Å². The van der Waals surface area contributed by atoms with Crippen molar-refractivity contribution >= 4 is 33.4 Å². The van der Waals surface area contributed by atoms with Crippen LogP contribution in [0.3, 0.4) is 0 Å². The summed E-state index contributed by atoms with van der Waals surface area (Å²) in [7, 11) is 4.33. The van der Waals surface area contributed by atoms with E-state index in [9.17, 15) is 5.11 Å². The second-order valence-electron chi connectivity index (χ2n) is 5.21. The van der Waals surface area contributed by atoms with Crippen molar-refractivity contribution in [3.63, 3.8) is 0 Å². The summed E-state index contributed by atoms with van der Waals surface area (Å²) in [6.45, 7) is 1.85. The third-order valence-corrected chi connectivity index (χ3v) is 3.50. The topological polar surface area (TPSA) is 46.7 Å². The van der Waals surface area contributed by atoms with Crippen LogP contribution in [0.15, 0.2) is 77.8 Å². The van der Waals surface area contributed by atoms with Gasteiger partial charge in [0.2, 0.25) is 0 Å². The molecule has 129 valence electrons. The molecule has 0 atom stereocenters. The Morgan fingerprint density at radius 1 is 0.920 bits per heavy atom. The van der Waals surface area contributed by atoms with E-state index in [0.717, 1.165) is 22.5 Å². The zero-order chi connectivity index (χ0) is 18.1. The van der Waals surface area contributed by atoms with Gasteiger partial charge in [0.1, 0.15) is 11.4 Å². The predicted octanol–water partition coefficient (Wildman–Crippen LogP) is 6.48. The summed E-state index contributed by atoms with van der Waals surface area (Å²) < 4.78 is 0. The Balaban J connectivity index is 0.00000109. The Morgan fingerprint density at radius 2 is 1.60 bits per heavy atom. The molecule has 0 bridgehead atoms. The average Bonchev–Trinajstić information content (AvgIpc) is 2.66. The molecule has 0 heterocycles. The third kappa shape index (κ3) is 5.36. The first-order valence-electron chi connectivity index (χ1n) is 7.55. The molecule has 0 saturated heterocycles. The van der Waals surface area contributed by atoms with Crippen molar-refractivity contribution in [3.8, 4) is 5.75 Å². The molecular formula is C20H17ClCoN2O. The van der Waals surface area contributed by atoms with Crippen LogP contribution in [0, 0.1) is 6.92 Å².